The van der Waals surface area contributed by atoms with E-state index >= 15 is 0 Å². The van der Waals surface area contributed by atoms with E-state index in [-0.39, 0.29) is 0 Å². The van der Waals surface area contributed by atoms with Crippen molar-refractivity contribution < 1.29 is 15.0 Å². The molecule has 1 saturated carbocycles. The lowest BCUT2D eigenvalue weighted by molar-refractivity contribution is -0.159. The normalized spacial score (nSPS) is 24.1. The molecule has 1 rings (SSSR count). The fourth-order valence-corrected chi connectivity index (χ4v) is 1.53. The zero-order valence-corrected chi connectivity index (χ0v) is 6.55. The van der Waals surface area contributed by atoms with Gasteiger partial charge in [0.1, 0.15) is 0 Å². The van der Waals surface area contributed by atoms with Gasteiger partial charge in [-0.05, 0) is 25.7 Å². The van der Waals surface area contributed by atoms with E-state index < -0.39 is 11.6 Å². The van der Waals surface area contributed by atoms with Crippen LogP contribution in [0.15, 0.2) is 0 Å². The summed E-state index contributed by atoms with van der Waals surface area (Å²) in [5.74, 6) is -1.06. The van der Waals surface area contributed by atoms with Gasteiger partial charge in [0.15, 0.2) is 5.60 Å². The Labute approximate surface area is 66.0 Å². The van der Waals surface area contributed by atoms with E-state index in [2.05, 4.69) is 0 Å². The van der Waals surface area contributed by atoms with E-state index in [1.54, 1.807) is 0 Å². The molecule has 11 heavy (non-hydrogen) atoms. The predicted octanol–water partition coefficient (Wildman–Crippen LogP) is 1.16. The zero-order valence-electron chi connectivity index (χ0n) is 6.55. The SMILES string of the molecule is O=C(O)C1(O)CCCCCC1. The van der Waals surface area contributed by atoms with Gasteiger partial charge in [-0.25, -0.2) is 4.79 Å². The molecule has 0 aromatic rings. The first kappa shape index (κ1) is 8.53. The molecule has 0 unspecified atom stereocenters. The fourth-order valence-electron chi connectivity index (χ4n) is 1.53. The summed E-state index contributed by atoms with van der Waals surface area (Å²) >= 11 is 0. The monoisotopic (exact) mass is 158 g/mol. The van der Waals surface area contributed by atoms with Crippen LogP contribution in [0.25, 0.3) is 0 Å². The summed E-state index contributed by atoms with van der Waals surface area (Å²) in [6, 6.07) is 0. The second-order valence-corrected chi connectivity index (χ2v) is 3.25. The molecule has 0 aliphatic heterocycles. The van der Waals surface area contributed by atoms with Gasteiger partial charge in [0.2, 0.25) is 0 Å². The Kier molecular flexibility index (Phi) is 2.49. The van der Waals surface area contributed by atoms with Gasteiger partial charge in [-0.2, -0.15) is 0 Å². The Bertz CT molecular complexity index is 145. The molecule has 0 aromatic heterocycles. The van der Waals surface area contributed by atoms with Crippen molar-refractivity contribution in [1.82, 2.24) is 0 Å². The average Bonchev–Trinajstić information content (AvgIpc) is 2.15. The molecule has 0 spiro atoms. The van der Waals surface area contributed by atoms with E-state index in [1.807, 2.05) is 0 Å². The van der Waals surface area contributed by atoms with E-state index in [0.717, 1.165) is 25.7 Å². The summed E-state index contributed by atoms with van der Waals surface area (Å²) < 4.78 is 0. The summed E-state index contributed by atoms with van der Waals surface area (Å²) in [4.78, 5) is 10.6. The minimum absolute atomic E-state index is 0.419. The largest absolute Gasteiger partial charge is 0.479 e. The number of aliphatic carboxylic acids is 1. The topological polar surface area (TPSA) is 57.5 Å². The Hall–Kier alpha value is -0.570. The smallest absolute Gasteiger partial charge is 0.335 e. The molecule has 2 N–H and O–H groups in total. The van der Waals surface area contributed by atoms with Crippen LogP contribution in [-0.2, 0) is 4.79 Å². The first-order chi connectivity index (χ1) is 5.15. The van der Waals surface area contributed by atoms with Crippen LogP contribution >= 0.6 is 0 Å². The van der Waals surface area contributed by atoms with Crippen LogP contribution in [-0.4, -0.2) is 21.8 Å². The van der Waals surface area contributed by atoms with Crippen molar-refractivity contribution >= 4 is 5.97 Å². The number of carbonyl (C=O) groups is 1. The lowest BCUT2D eigenvalue weighted by Gasteiger charge is -2.20. The quantitative estimate of drug-likeness (QED) is 0.563. The number of aliphatic hydroxyl groups is 1. The van der Waals surface area contributed by atoms with Crippen molar-refractivity contribution in [3.05, 3.63) is 0 Å². The van der Waals surface area contributed by atoms with Crippen LogP contribution < -0.4 is 0 Å². The highest BCUT2D eigenvalue weighted by atomic mass is 16.4. The first-order valence-corrected chi connectivity index (χ1v) is 4.11. The van der Waals surface area contributed by atoms with Crippen molar-refractivity contribution in [3.8, 4) is 0 Å². The maximum Gasteiger partial charge on any atom is 0.335 e. The molecule has 0 heterocycles. The summed E-state index contributed by atoms with van der Waals surface area (Å²) in [7, 11) is 0. The van der Waals surface area contributed by atoms with Gasteiger partial charge in [-0.15, -0.1) is 0 Å². The van der Waals surface area contributed by atoms with Crippen LogP contribution in [0, 0.1) is 0 Å². The first-order valence-electron chi connectivity index (χ1n) is 4.11. The van der Waals surface area contributed by atoms with Gasteiger partial charge >= 0.3 is 5.97 Å². The lowest BCUT2D eigenvalue weighted by atomic mass is 9.95. The highest BCUT2D eigenvalue weighted by molar-refractivity contribution is 5.76. The third-order valence-electron chi connectivity index (χ3n) is 2.33. The van der Waals surface area contributed by atoms with Crippen molar-refractivity contribution in [2.45, 2.75) is 44.1 Å². The van der Waals surface area contributed by atoms with Gasteiger partial charge < -0.3 is 10.2 Å². The Morgan fingerprint density at radius 2 is 1.55 bits per heavy atom. The number of hydrogen-bond donors (Lipinski definition) is 2. The number of carboxylic acids is 1. The van der Waals surface area contributed by atoms with Gasteiger partial charge in [-0.1, -0.05) is 12.8 Å². The van der Waals surface area contributed by atoms with Gasteiger partial charge in [0.05, 0.1) is 0 Å². The van der Waals surface area contributed by atoms with E-state index in [0.29, 0.717) is 12.8 Å². The molecule has 3 nitrogen and oxygen atoms in total. The van der Waals surface area contributed by atoms with Crippen LogP contribution in [0.3, 0.4) is 0 Å². The minimum atomic E-state index is -1.42. The average molecular weight is 158 g/mol. The van der Waals surface area contributed by atoms with Crippen LogP contribution in [0.2, 0.25) is 0 Å². The van der Waals surface area contributed by atoms with Crippen LogP contribution in [0.4, 0.5) is 0 Å². The Morgan fingerprint density at radius 3 is 1.91 bits per heavy atom. The molecule has 0 saturated heterocycles. The molecule has 0 bridgehead atoms. The van der Waals surface area contributed by atoms with Gasteiger partial charge in [0, 0.05) is 0 Å². The molecular weight excluding hydrogens is 144 g/mol. The second-order valence-electron chi connectivity index (χ2n) is 3.25. The minimum Gasteiger partial charge on any atom is -0.479 e. The van der Waals surface area contributed by atoms with Crippen LogP contribution in [0.5, 0.6) is 0 Å². The number of carboxylic acid groups (broad SMARTS) is 1. The predicted molar refractivity (Wildman–Crippen MR) is 40.3 cm³/mol. The second kappa shape index (κ2) is 3.22. The molecule has 1 aliphatic rings. The molecule has 0 amide bonds. The summed E-state index contributed by atoms with van der Waals surface area (Å²) in [5, 5.41) is 18.2. The van der Waals surface area contributed by atoms with Gasteiger partial charge in [-0.3, -0.25) is 0 Å². The van der Waals surface area contributed by atoms with Crippen molar-refractivity contribution in [2.24, 2.45) is 0 Å². The molecule has 0 aromatic carbocycles. The molecule has 1 fully saturated rings. The van der Waals surface area contributed by atoms with E-state index in [9.17, 15) is 9.90 Å². The molecule has 64 valence electrons. The van der Waals surface area contributed by atoms with E-state index in [1.165, 1.54) is 0 Å². The molecule has 0 atom stereocenters. The summed E-state index contributed by atoms with van der Waals surface area (Å²) in [6.45, 7) is 0. The molecule has 1 aliphatic carbocycles. The maximum absolute atomic E-state index is 10.6. The van der Waals surface area contributed by atoms with E-state index in [4.69, 9.17) is 5.11 Å². The van der Waals surface area contributed by atoms with Crippen molar-refractivity contribution in [1.29, 1.82) is 0 Å². The Morgan fingerprint density at radius 1 is 1.09 bits per heavy atom. The number of hydrogen-bond acceptors (Lipinski definition) is 2. The molecule has 0 radical (unpaired) electrons. The van der Waals surface area contributed by atoms with Crippen molar-refractivity contribution in [2.75, 3.05) is 0 Å². The number of rotatable bonds is 1. The summed E-state index contributed by atoms with van der Waals surface area (Å²) in [5.41, 5.74) is -1.42. The molecule has 3 heteroatoms. The summed E-state index contributed by atoms with van der Waals surface area (Å²) in [6.07, 6.45) is 4.61. The maximum atomic E-state index is 10.6. The van der Waals surface area contributed by atoms with Crippen molar-refractivity contribution in [3.63, 3.8) is 0 Å². The van der Waals surface area contributed by atoms with Gasteiger partial charge in [0.25, 0.3) is 0 Å². The zero-order chi connectivity index (χ0) is 8.32. The fraction of sp³-hybridized carbons (Fsp3) is 0.875. The molecular formula is C8H14O3. The highest BCUT2D eigenvalue weighted by Gasteiger charge is 2.35. The third-order valence-corrected chi connectivity index (χ3v) is 2.33. The highest BCUT2D eigenvalue weighted by Crippen LogP contribution is 2.26. The Balaban J connectivity index is 2.59. The lowest BCUT2D eigenvalue weighted by Crippen LogP contribution is -2.37. The third kappa shape index (κ3) is 1.93. The standard InChI is InChI=1S/C8H14O3/c9-7(10)8(11)5-3-1-2-4-6-8/h11H,1-6H2,(H,9,10). The van der Waals surface area contributed by atoms with Crippen LogP contribution in [0.1, 0.15) is 38.5 Å².